The first-order chi connectivity index (χ1) is 19.9. The van der Waals surface area contributed by atoms with Crippen molar-refractivity contribution in [3.05, 3.63) is 69.7 Å². The highest BCUT2D eigenvalue weighted by atomic mass is 35.5. The van der Waals surface area contributed by atoms with Crippen LogP contribution in [-0.2, 0) is 19.1 Å². The summed E-state index contributed by atoms with van der Waals surface area (Å²) in [7, 11) is 0. The van der Waals surface area contributed by atoms with E-state index in [0.717, 1.165) is 25.7 Å². The van der Waals surface area contributed by atoms with Crippen LogP contribution in [0.2, 0.25) is 10.0 Å². The SMILES string of the molecule is CC(C)[C@H]1C[C@@H](C(=O)CC(=O)c2ccc(Cl)cc2)CCO1.CC(C)[C@H]1C[C@H](C(=O)CC(=O)c2ccc(Cl)cc2)CCO1. The van der Waals surface area contributed by atoms with E-state index in [2.05, 4.69) is 27.7 Å². The van der Waals surface area contributed by atoms with Gasteiger partial charge in [-0.25, -0.2) is 0 Å². The van der Waals surface area contributed by atoms with Gasteiger partial charge in [0, 0.05) is 46.2 Å². The van der Waals surface area contributed by atoms with Crippen molar-refractivity contribution < 1.29 is 28.7 Å². The van der Waals surface area contributed by atoms with Crippen LogP contribution < -0.4 is 0 Å². The van der Waals surface area contributed by atoms with Gasteiger partial charge in [0.2, 0.25) is 0 Å². The first-order valence-corrected chi connectivity index (χ1v) is 15.6. The Hall–Kier alpha value is -2.38. The fourth-order valence-electron chi connectivity index (χ4n) is 5.25. The summed E-state index contributed by atoms with van der Waals surface area (Å²) in [6.07, 6.45) is 3.08. The van der Waals surface area contributed by atoms with Crippen LogP contribution in [0.5, 0.6) is 0 Å². The van der Waals surface area contributed by atoms with Crippen LogP contribution in [0.15, 0.2) is 48.5 Å². The molecule has 2 aromatic carbocycles. The minimum absolute atomic E-state index is 0.0306. The van der Waals surface area contributed by atoms with E-state index >= 15 is 0 Å². The first kappa shape index (κ1) is 34.1. The zero-order chi connectivity index (χ0) is 30.8. The Morgan fingerprint density at radius 3 is 1.29 bits per heavy atom. The van der Waals surface area contributed by atoms with E-state index in [1.165, 1.54) is 0 Å². The monoisotopic (exact) mass is 616 g/mol. The average Bonchev–Trinajstić information content (AvgIpc) is 2.98. The van der Waals surface area contributed by atoms with Crippen LogP contribution in [-0.4, -0.2) is 48.6 Å². The fraction of sp³-hybridized carbons (Fsp3) is 0.529. The Labute approximate surface area is 259 Å². The lowest BCUT2D eigenvalue weighted by molar-refractivity contribution is -0.128. The summed E-state index contributed by atoms with van der Waals surface area (Å²) in [5.41, 5.74) is 1.08. The van der Waals surface area contributed by atoms with Crippen LogP contribution in [0.25, 0.3) is 0 Å². The zero-order valence-corrected chi connectivity index (χ0v) is 26.5. The number of Topliss-reactive ketones (excluding diaryl/α,β-unsaturated/α-hetero) is 4. The molecule has 0 bridgehead atoms. The topological polar surface area (TPSA) is 86.7 Å². The van der Waals surface area contributed by atoms with E-state index in [0.29, 0.717) is 46.2 Å². The van der Waals surface area contributed by atoms with E-state index in [9.17, 15) is 19.2 Å². The third kappa shape index (κ3) is 10.4. The lowest BCUT2D eigenvalue weighted by Crippen LogP contribution is -2.34. The van der Waals surface area contributed by atoms with Crippen LogP contribution in [0.1, 0.15) is 86.9 Å². The van der Waals surface area contributed by atoms with Gasteiger partial charge in [-0.1, -0.05) is 50.9 Å². The second-order valence-corrected chi connectivity index (χ2v) is 12.8. The minimum Gasteiger partial charge on any atom is -0.378 e. The van der Waals surface area contributed by atoms with E-state index in [4.69, 9.17) is 32.7 Å². The second kappa shape index (κ2) is 16.5. The lowest BCUT2D eigenvalue weighted by atomic mass is 9.85. The van der Waals surface area contributed by atoms with Gasteiger partial charge in [0.1, 0.15) is 11.6 Å². The highest BCUT2D eigenvalue weighted by Crippen LogP contribution is 2.28. The van der Waals surface area contributed by atoms with Gasteiger partial charge in [0.05, 0.1) is 25.0 Å². The zero-order valence-electron chi connectivity index (χ0n) is 24.9. The predicted molar refractivity (Wildman–Crippen MR) is 165 cm³/mol. The van der Waals surface area contributed by atoms with Crippen molar-refractivity contribution in [2.45, 2.75) is 78.4 Å². The molecule has 6 nitrogen and oxygen atoms in total. The van der Waals surface area contributed by atoms with E-state index in [-0.39, 0.29) is 60.0 Å². The third-order valence-corrected chi connectivity index (χ3v) is 8.53. The van der Waals surface area contributed by atoms with Crippen LogP contribution in [0, 0.1) is 23.7 Å². The Balaban J connectivity index is 0.000000230. The van der Waals surface area contributed by atoms with Gasteiger partial charge in [0.25, 0.3) is 0 Å². The summed E-state index contributed by atoms with van der Waals surface area (Å²) in [4.78, 5) is 48.9. The normalized spacial score (nSPS) is 22.3. The number of carbonyl (C=O) groups is 4. The van der Waals surface area contributed by atoms with E-state index < -0.39 is 0 Å². The number of rotatable bonds is 10. The number of hydrogen-bond donors (Lipinski definition) is 0. The van der Waals surface area contributed by atoms with Gasteiger partial charge >= 0.3 is 0 Å². The Morgan fingerprint density at radius 1 is 0.643 bits per heavy atom. The van der Waals surface area contributed by atoms with Crippen molar-refractivity contribution in [2.75, 3.05) is 13.2 Å². The molecular weight excluding hydrogens is 575 g/mol. The minimum atomic E-state index is -0.135. The molecule has 0 aromatic heterocycles. The Bertz CT molecular complexity index is 1110. The molecule has 2 aromatic rings. The predicted octanol–water partition coefficient (Wildman–Crippen LogP) is 7.87. The largest absolute Gasteiger partial charge is 0.378 e. The smallest absolute Gasteiger partial charge is 0.170 e. The summed E-state index contributed by atoms with van der Waals surface area (Å²) in [5, 5.41) is 1.17. The molecule has 0 spiro atoms. The molecule has 2 aliphatic heterocycles. The molecule has 2 aliphatic rings. The van der Waals surface area contributed by atoms with Crippen molar-refractivity contribution in [1.82, 2.24) is 0 Å². The Kier molecular flexibility index (Phi) is 13.4. The number of ketones is 4. The van der Waals surface area contributed by atoms with Gasteiger partial charge in [-0.15, -0.1) is 0 Å². The van der Waals surface area contributed by atoms with Gasteiger partial charge in [-0.3, -0.25) is 19.2 Å². The molecule has 8 heteroatoms. The number of carbonyl (C=O) groups excluding carboxylic acids is 4. The third-order valence-electron chi connectivity index (χ3n) is 8.03. The number of hydrogen-bond acceptors (Lipinski definition) is 6. The van der Waals surface area contributed by atoms with Gasteiger partial charge in [-0.05, 0) is 86.1 Å². The molecule has 0 saturated carbocycles. The second-order valence-electron chi connectivity index (χ2n) is 11.9. The number of benzene rings is 2. The standard InChI is InChI=1S/2C17H21ClO3/c2*1-11(2)17-9-13(7-8-21-17)16(20)10-15(19)12-3-5-14(18)6-4-12/h2*3-6,11,13,17H,7-10H2,1-2H3/t13-,17+;13-,17-/m01/s1. The molecule has 228 valence electrons. The van der Waals surface area contributed by atoms with Gasteiger partial charge in [-0.2, -0.15) is 0 Å². The molecule has 0 N–H and O–H groups in total. The maximum atomic E-state index is 12.3. The number of ether oxygens (including phenoxy) is 2. The van der Waals surface area contributed by atoms with Crippen molar-refractivity contribution in [3.8, 4) is 0 Å². The van der Waals surface area contributed by atoms with Crippen LogP contribution in [0.3, 0.4) is 0 Å². The lowest BCUT2D eigenvalue weighted by Gasteiger charge is -2.31. The summed E-state index contributed by atoms with van der Waals surface area (Å²) in [6, 6.07) is 13.3. The van der Waals surface area contributed by atoms with E-state index in [1.807, 2.05) is 0 Å². The number of halogens is 2. The molecule has 4 rings (SSSR count). The maximum Gasteiger partial charge on any atom is 0.170 e. The summed E-state index contributed by atoms with van der Waals surface area (Å²) >= 11 is 11.6. The van der Waals surface area contributed by atoms with E-state index in [1.54, 1.807) is 48.5 Å². The molecule has 4 atom stereocenters. The molecule has 2 heterocycles. The van der Waals surface area contributed by atoms with Crippen molar-refractivity contribution in [1.29, 1.82) is 0 Å². The molecule has 0 unspecified atom stereocenters. The molecule has 0 aliphatic carbocycles. The summed E-state index contributed by atoms with van der Waals surface area (Å²) in [5.74, 6) is 0.478. The van der Waals surface area contributed by atoms with Crippen LogP contribution in [0.4, 0.5) is 0 Å². The van der Waals surface area contributed by atoms with Crippen LogP contribution >= 0.6 is 23.2 Å². The molecule has 0 amide bonds. The molecular formula is C34H42Cl2O6. The van der Waals surface area contributed by atoms with Crippen molar-refractivity contribution >= 4 is 46.3 Å². The Morgan fingerprint density at radius 2 is 0.976 bits per heavy atom. The summed E-state index contributed by atoms with van der Waals surface area (Å²) in [6.45, 7) is 9.59. The van der Waals surface area contributed by atoms with Crippen molar-refractivity contribution in [2.24, 2.45) is 23.7 Å². The summed E-state index contributed by atoms with van der Waals surface area (Å²) < 4.78 is 11.3. The molecule has 0 radical (unpaired) electrons. The first-order valence-electron chi connectivity index (χ1n) is 14.8. The highest BCUT2D eigenvalue weighted by Gasteiger charge is 2.31. The average molecular weight is 618 g/mol. The fourth-order valence-corrected chi connectivity index (χ4v) is 5.50. The maximum absolute atomic E-state index is 12.3. The molecule has 2 saturated heterocycles. The highest BCUT2D eigenvalue weighted by molar-refractivity contribution is 6.31. The molecule has 42 heavy (non-hydrogen) atoms. The van der Waals surface area contributed by atoms with Crippen molar-refractivity contribution in [3.63, 3.8) is 0 Å². The molecule has 2 fully saturated rings. The van der Waals surface area contributed by atoms with Gasteiger partial charge < -0.3 is 9.47 Å². The van der Waals surface area contributed by atoms with Gasteiger partial charge in [0.15, 0.2) is 11.6 Å². The quantitative estimate of drug-likeness (QED) is 0.199.